The number of para-hydroxylation sites is 2. The number of ether oxygens (including phenoxy) is 1. The van der Waals surface area contributed by atoms with Gasteiger partial charge >= 0.3 is 5.97 Å². The third kappa shape index (κ3) is 3.20. The van der Waals surface area contributed by atoms with Crippen LogP contribution in [-0.4, -0.2) is 29.6 Å². The maximum Gasteiger partial charge on any atom is 0.312 e. The Morgan fingerprint density at radius 3 is 2.60 bits per heavy atom. The zero-order chi connectivity index (χ0) is 18.0. The summed E-state index contributed by atoms with van der Waals surface area (Å²) in [5, 5.41) is 9.41. The van der Waals surface area contributed by atoms with Crippen LogP contribution in [0, 0.1) is 5.82 Å². The fourth-order valence-corrected chi connectivity index (χ4v) is 3.00. The molecule has 1 N–H and O–H groups in total. The Bertz CT molecular complexity index is 808. The molecule has 6 heteroatoms. The van der Waals surface area contributed by atoms with E-state index in [4.69, 9.17) is 4.74 Å². The number of carboxylic acid groups (broad SMARTS) is 1. The Morgan fingerprint density at radius 2 is 1.92 bits per heavy atom. The van der Waals surface area contributed by atoms with Gasteiger partial charge in [-0.15, -0.1) is 0 Å². The van der Waals surface area contributed by atoms with Gasteiger partial charge in [-0.1, -0.05) is 37.3 Å². The topological polar surface area (TPSA) is 66.8 Å². The number of aliphatic carboxylic acids is 1. The van der Waals surface area contributed by atoms with E-state index in [2.05, 4.69) is 0 Å². The summed E-state index contributed by atoms with van der Waals surface area (Å²) < 4.78 is 19.4. The van der Waals surface area contributed by atoms with Crippen molar-refractivity contribution in [2.45, 2.75) is 25.4 Å². The minimum Gasteiger partial charge on any atom is -0.481 e. The van der Waals surface area contributed by atoms with Crippen LogP contribution in [0.1, 0.15) is 24.8 Å². The molecule has 0 aliphatic carbocycles. The number of carbonyl (C=O) groups excluding carboxylic acids is 1. The van der Waals surface area contributed by atoms with E-state index in [0.717, 1.165) is 0 Å². The lowest BCUT2D eigenvalue weighted by Gasteiger charge is -2.24. The molecule has 0 saturated carbocycles. The molecule has 25 heavy (non-hydrogen) atoms. The number of anilines is 1. The molecule has 0 aromatic heterocycles. The smallest absolute Gasteiger partial charge is 0.312 e. The van der Waals surface area contributed by atoms with Gasteiger partial charge in [0.15, 0.2) is 17.7 Å². The third-order valence-corrected chi connectivity index (χ3v) is 4.28. The first-order valence-corrected chi connectivity index (χ1v) is 8.07. The molecule has 1 amide bonds. The summed E-state index contributed by atoms with van der Waals surface area (Å²) in [5.41, 5.74) is 1.17. The quantitative estimate of drug-likeness (QED) is 0.905. The number of halogens is 1. The number of hydrogen-bond acceptors (Lipinski definition) is 3. The first-order chi connectivity index (χ1) is 12.0. The first kappa shape index (κ1) is 17.0. The molecule has 0 radical (unpaired) electrons. The Balaban J connectivity index is 1.87. The van der Waals surface area contributed by atoms with Crippen molar-refractivity contribution in [2.24, 2.45) is 0 Å². The van der Waals surface area contributed by atoms with E-state index in [-0.39, 0.29) is 18.2 Å². The molecular formula is C19H18FNO4. The molecular weight excluding hydrogens is 325 g/mol. The summed E-state index contributed by atoms with van der Waals surface area (Å²) in [6, 6.07) is 12.8. The lowest BCUT2D eigenvalue weighted by Crippen LogP contribution is -2.42. The number of carboxylic acids is 1. The zero-order valence-electron chi connectivity index (χ0n) is 13.7. The first-order valence-electron chi connectivity index (χ1n) is 8.07. The number of nitrogens with zero attached hydrogens (tertiary/aromatic N) is 1. The SMILES string of the molecule is CCC(Oc1ccccc1F)C(=O)N1CC(C(=O)O)c2ccccc21. The molecule has 0 spiro atoms. The molecule has 0 saturated heterocycles. The van der Waals surface area contributed by atoms with Crippen molar-refractivity contribution in [3.63, 3.8) is 0 Å². The predicted octanol–water partition coefficient (Wildman–Crippen LogP) is 3.20. The van der Waals surface area contributed by atoms with Crippen LogP contribution in [0.4, 0.5) is 10.1 Å². The van der Waals surface area contributed by atoms with Gasteiger partial charge in [-0.2, -0.15) is 0 Å². The Kier molecular flexibility index (Phi) is 4.70. The summed E-state index contributed by atoms with van der Waals surface area (Å²) in [6.07, 6.45) is -0.554. The molecule has 2 aromatic rings. The minimum atomic E-state index is -0.981. The van der Waals surface area contributed by atoms with Gasteiger partial charge in [0.05, 0.1) is 0 Å². The van der Waals surface area contributed by atoms with Crippen molar-refractivity contribution in [1.29, 1.82) is 0 Å². The van der Waals surface area contributed by atoms with Crippen LogP contribution in [-0.2, 0) is 9.59 Å². The Labute approximate surface area is 144 Å². The molecule has 5 nitrogen and oxygen atoms in total. The van der Waals surface area contributed by atoms with Gasteiger partial charge in [-0.3, -0.25) is 9.59 Å². The monoisotopic (exact) mass is 343 g/mol. The molecule has 0 fully saturated rings. The normalized spacial score (nSPS) is 17.0. The second-order valence-corrected chi connectivity index (χ2v) is 5.84. The molecule has 130 valence electrons. The van der Waals surface area contributed by atoms with Crippen LogP contribution in [0.3, 0.4) is 0 Å². The van der Waals surface area contributed by atoms with Crippen molar-refractivity contribution >= 4 is 17.6 Å². The Morgan fingerprint density at radius 1 is 1.24 bits per heavy atom. The van der Waals surface area contributed by atoms with Gasteiger partial charge < -0.3 is 14.7 Å². The van der Waals surface area contributed by atoms with E-state index in [0.29, 0.717) is 17.7 Å². The van der Waals surface area contributed by atoms with E-state index in [1.54, 1.807) is 43.3 Å². The van der Waals surface area contributed by atoms with Gasteiger partial charge in [-0.25, -0.2) is 4.39 Å². The van der Waals surface area contributed by atoms with Crippen molar-refractivity contribution in [1.82, 2.24) is 0 Å². The molecule has 3 rings (SSSR count). The maximum absolute atomic E-state index is 13.8. The molecule has 1 aliphatic heterocycles. The van der Waals surface area contributed by atoms with Gasteiger partial charge in [0.25, 0.3) is 5.91 Å². The average Bonchev–Trinajstić information content (AvgIpc) is 3.00. The number of benzene rings is 2. The number of carbonyl (C=O) groups is 2. The van der Waals surface area contributed by atoms with Crippen molar-refractivity contribution in [2.75, 3.05) is 11.4 Å². The van der Waals surface area contributed by atoms with Crippen LogP contribution in [0.15, 0.2) is 48.5 Å². The molecule has 2 aromatic carbocycles. The van der Waals surface area contributed by atoms with Crippen LogP contribution >= 0.6 is 0 Å². The van der Waals surface area contributed by atoms with E-state index in [9.17, 15) is 19.1 Å². The van der Waals surface area contributed by atoms with Crippen LogP contribution in [0.5, 0.6) is 5.75 Å². The van der Waals surface area contributed by atoms with Crippen molar-refractivity contribution in [3.8, 4) is 5.75 Å². The lowest BCUT2D eigenvalue weighted by molar-refractivity contribution is -0.138. The molecule has 1 heterocycles. The highest BCUT2D eigenvalue weighted by Gasteiger charge is 2.38. The largest absolute Gasteiger partial charge is 0.481 e. The second kappa shape index (κ2) is 6.93. The van der Waals surface area contributed by atoms with Gasteiger partial charge in [0.2, 0.25) is 0 Å². The summed E-state index contributed by atoms with van der Waals surface area (Å²) in [7, 11) is 0. The third-order valence-electron chi connectivity index (χ3n) is 4.28. The highest BCUT2D eigenvalue weighted by molar-refractivity contribution is 6.01. The van der Waals surface area contributed by atoms with Crippen LogP contribution < -0.4 is 9.64 Å². The molecule has 0 bridgehead atoms. The molecule has 2 atom stereocenters. The van der Waals surface area contributed by atoms with Gasteiger partial charge in [0.1, 0.15) is 5.92 Å². The summed E-state index contributed by atoms with van der Waals surface area (Å²) in [6.45, 7) is 1.81. The van der Waals surface area contributed by atoms with Crippen LogP contribution in [0.25, 0.3) is 0 Å². The highest BCUT2D eigenvalue weighted by atomic mass is 19.1. The summed E-state index contributed by atoms with van der Waals surface area (Å²) in [4.78, 5) is 25.8. The second-order valence-electron chi connectivity index (χ2n) is 5.84. The zero-order valence-corrected chi connectivity index (χ0v) is 13.7. The Hall–Kier alpha value is -2.89. The summed E-state index contributed by atoms with van der Waals surface area (Å²) in [5.74, 6) is -2.66. The average molecular weight is 343 g/mol. The standard InChI is InChI=1S/C19H18FNO4/c1-2-16(25-17-10-6-4-8-14(17)20)18(22)21-11-13(19(23)24)12-7-3-5-9-15(12)21/h3-10,13,16H,2,11H2,1H3,(H,23,24). The molecule has 1 aliphatic rings. The van der Waals surface area contributed by atoms with E-state index < -0.39 is 23.8 Å². The van der Waals surface area contributed by atoms with Crippen LogP contribution in [0.2, 0.25) is 0 Å². The fraction of sp³-hybridized carbons (Fsp3) is 0.263. The van der Waals surface area contributed by atoms with Crippen molar-refractivity contribution < 1.29 is 23.8 Å². The minimum absolute atomic E-state index is 0.00460. The highest BCUT2D eigenvalue weighted by Crippen LogP contribution is 2.37. The number of amides is 1. The van der Waals surface area contributed by atoms with Crippen molar-refractivity contribution in [3.05, 3.63) is 59.9 Å². The fourth-order valence-electron chi connectivity index (χ4n) is 3.00. The van der Waals surface area contributed by atoms with Gasteiger partial charge in [-0.05, 0) is 30.2 Å². The summed E-state index contributed by atoms with van der Waals surface area (Å²) >= 11 is 0. The number of rotatable bonds is 5. The number of hydrogen-bond donors (Lipinski definition) is 1. The maximum atomic E-state index is 13.8. The van der Waals surface area contributed by atoms with E-state index in [1.807, 2.05) is 0 Å². The van der Waals surface area contributed by atoms with Gasteiger partial charge in [0, 0.05) is 12.2 Å². The number of fused-ring (bicyclic) bond motifs is 1. The van der Waals surface area contributed by atoms with E-state index in [1.165, 1.54) is 17.0 Å². The predicted molar refractivity (Wildman–Crippen MR) is 90.3 cm³/mol. The molecule has 2 unspecified atom stereocenters. The van der Waals surface area contributed by atoms with E-state index >= 15 is 0 Å². The lowest BCUT2D eigenvalue weighted by atomic mass is 10.0.